The topological polar surface area (TPSA) is 62.1 Å². The zero-order valence-corrected chi connectivity index (χ0v) is 17.8. The van der Waals surface area contributed by atoms with Crippen LogP contribution in [0, 0.1) is 0 Å². The maximum absolute atomic E-state index is 12.8. The van der Waals surface area contributed by atoms with E-state index in [2.05, 4.69) is 25.9 Å². The van der Waals surface area contributed by atoms with E-state index in [4.69, 9.17) is 4.74 Å². The number of phenols is 1. The molecule has 1 amide bonds. The third kappa shape index (κ3) is 2.73. The van der Waals surface area contributed by atoms with Crippen LogP contribution in [0.3, 0.4) is 0 Å². The van der Waals surface area contributed by atoms with Crippen molar-refractivity contribution in [1.82, 2.24) is 5.01 Å². The standard InChI is InChI=1S/C24H30N2O3/c1-5-6-18-17(23(28)26(4)25-18)12-16-15-9-10-24(2,3)29-22(15)20-14-8-7-13(11-14)19(20)21(16)27/h12-14,27H,5-11H2,1-4H3. The molecule has 2 bridgehead atoms. The third-order valence-corrected chi connectivity index (χ3v) is 7.13. The molecule has 154 valence electrons. The molecule has 2 unspecified atom stereocenters. The first kappa shape index (κ1) is 18.7. The van der Waals surface area contributed by atoms with E-state index in [1.165, 1.54) is 17.0 Å². The highest BCUT2D eigenvalue weighted by molar-refractivity contribution is 6.27. The highest BCUT2D eigenvalue weighted by atomic mass is 16.5. The summed E-state index contributed by atoms with van der Waals surface area (Å²) in [6, 6.07) is 0. The summed E-state index contributed by atoms with van der Waals surface area (Å²) >= 11 is 0. The van der Waals surface area contributed by atoms with Gasteiger partial charge in [-0.2, -0.15) is 5.10 Å². The number of aromatic hydroxyl groups is 1. The first-order chi connectivity index (χ1) is 13.8. The zero-order chi connectivity index (χ0) is 20.5. The number of fused-ring (bicyclic) bond motifs is 7. The number of phenolic OH excluding ortho intramolecular Hbond substituents is 1. The van der Waals surface area contributed by atoms with E-state index in [-0.39, 0.29) is 11.5 Å². The van der Waals surface area contributed by atoms with Crippen LogP contribution in [0.15, 0.2) is 10.7 Å². The molecule has 0 radical (unpaired) electrons. The second-order valence-electron chi connectivity index (χ2n) is 9.65. The van der Waals surface area contributed by atoms with Crippen LogP contribution in [-0.2, 0) is 11.2 Å². The number of carbonyl (C=O) groups excluding carboxylic acids is 1. The zero-order valence-electron chi connectivity index (χ0n) is 17.8. The van der Waals surface area contributed by atoms with Crippen molar-refractivity contribution in [1.29, 1.82) is 0 Å². The lowest BCUT2D eigenvalue weighted by atomic mass is 9.81. The lowest BCUT2D eigenvalue weighted by Crippen LogP contribution is -2.34. The van der Waals surface area contributed by atoms with E-state index in [9.17, 15) is 9.90 Å². The molecular weight excluding hydrogens is 364 g/mol. The molecule has 2 aliphatic carbocycles. The molecule has 0 aromatic heterocycles. The minimum atomic E-state index is -0.206. The van der Waals surface area contributed by atoms with Crippen LogP contribution in [0.4, 0.5) is 0 Å². The van der Waals surface area contributed by atoms with E-state index >= 15 is 0 Å². The van der Waals surface area contributed by atoms with Gasteiger partial charge in [-0.05, 0) is 70.3 Å². The highest BCUT2D eigenvalue weighted by Gasteiger charge is 2.45. The van der Waals surface area contributed by atoms with Crippen molar-refractivity contribution in [3.8, 4) is 11.5 Å². The molecule has 0 spiro atoms. The summed E-state index contributed by atoms with van der Waals surface area (Å²) in [5.41, 5.74) is 5.40. The van der Waals surface area contributed by atoms with Gasteiger partial charge in [0.05, 0.1) is 11.3 Å². The predicted molar refractivity (Wildman–Crippen MR) is 114 cm³/mol. The molecule has 5 rings (SSSR count). The molecule has 1 aromatic carbocycles. The van der Waals surface area contributed by atoms with Gasteiger partial charge >= 0.3 is 0 Å². The number of nitrogens with zero attached hydrogens (tertiary/aromatic N) is 2. The predicted octanol–water partition coefficient (Wildman–Crippen LogP) is 4.87. The van der Waals surface area contributed by atoms with Gasteiger partial charge in [-0.3, -0.25) is 4.79 Å². The van der Waals surface area contributed by atoms with Crippen LogP contribution in [-0.4, -0.2) is 34.4 Å². The summed E-state index contributed by atoms with van der Waals surface area (Å²) in [5, 5.41) is 17.2. The van der Waals surface area contributed by atoms with Gasteiger partial charge in [-0.1, -0.05) is 13.3 Å². The number of rotatable bonds is 3. The molecule has 2 heterocycles. The number of hydrogen-bond acceptors (Lipinski definition) is 4. The van der Waals surface area contributed by atoms with Crippen LogP contribution in [0.25, 0.3) is 6.08 Å². The maximum Gasteiger partial charge on any atom is 0.275 e. The fraction of sp³-hybridized carbons (Fsp3) is 0.583. The molecule has 2 atom stereocenters. The van der Waals surface area contributed by atoms with Gasteiger partial charge in [0.25, 0.3) is 5.91 Å². The Morgan fingerprint density at radius 2 is 2.00 bits per heavy atom. The summed E-state index contributed by atoms with van der Waals surface area (Å²) < 4.78 is 6.53. The van der Waals surface area contributed by atoms with Crippen LogP contribution >= 0.6 is 0 Å². The molecule has 5 heteroatoms. The number of hydrogen-bond donors (Lipinski definition) is 1. The Balaban J connectivity index is 1.72. The molecule has 0 saturated heterocycles. The first-order valence-electron chi connectivity index (χ1n) is 11.0. The van der Waals surface area contributed by atoms with Crippen molar-refractivity contribution < 1.29 is 14.6 Å². The molecule has 4 aliphatic rings. The molecule has 5 nitrogen and oxygen atoms in total. The average molecular weight is 395 g/mol. The minimum Gasteiger partial charge on any atom is -0.507 e. The molecule has 1 N–H and O–H groups in total. The van der Waals surface area contributed by atoms with Crippen molar-refractivity contribution in [3.63, 3.8) is 0 Å². The van der Waals surface area contributed by atoms with E-state index in [0.717, 1.165) is 66.7 Å². The Kier molecular flexibility index (Phi) is 4.10. The monoisotopic (exact) mass is 394 g/mol. The van der Waals surface area contributed by atoms with Crippen molar-refractivity contribution in [3.05, 3.63) is 27.8 Å². The maximum atomic E-state index is 12.8. The molecule has 29 heavy (non-hydrogen) atoms. The van der Waals surface area contributed by atoms with Crippen LogP contribution < -0.4 is 4.74 Å². The van der Waals surface area contributed by atoms with Crippen LogP contribution in [0.5, 0.6) is 11.5 Å². The Morgan fingerprint density at radius 1 is 1.28 bits per heavy atom. The van der Waals surface area contributed by atoms with Crippen molar-refractivity contribution in [2.75, 3.05) is 7.05 Å². The first-order valence-corrected chi connectivity index (χ1v) is 11.0. The minimum absolute atomic E-state index is 0.0966. The van der Waals surface area contributed by atoms with Crippen LogP contribution in [0.2, 0.25) is 0 Å². The summed E-state index contributed by atoms with van der Waals surface area (Å²) in [6.45, 7) is 6.37. The van der Waals surface area contributed by atoms with E-state index in [1.54, 1.807) is 7.05 Å². The number of carbonyl (C=O) groups is 1. The molecule has 2 aliphatic heterocycles. The molecular formula is C24H30N2O3. The van der Waals surface area contributed by atoms with Crippen molar-refractivity contribution >= 4 is 17.7 Å². The normalized spacial score (nSPS) is 27.9. The van der Waals surface area contributed by atoms with Crippen molar-refractivity contribution in [2.45, 2.75) is 83.2 Å². The Labute approximate surface area is 172 Å². The fourth-order valence-electron chi connectivity index (χ4n) is 5.71. The van der Waals surface area contributed by atoms with Crippen molar-refractivity contribution in [2.24, 2.45) is 5.10 Å². The summed E-state index contributed by atoms with van der Waals surface area (Å²) in [7, 11) is 1.70. The largest absolute Gasteiger partial charge is 0.507 e. The SMILES string of the molecule is CCCC1=NN(C)C(=O)C1=Cc1c(O)c2c(c3c1CCC(C)(C)O3)C1CCC2C1. The number of benzene rings is 1. The fourth-order valence-corrected chi connectivity index (χ4v) is 5.71. The average Bonchev–Trinajstić information content (AvgIpc) is 3.35. The second kappa shape index (κ2) is 6.35. The van der Waals surface area contributed by atoms with E-state index in [1.807, 2.05) is 6.08 Å². The Morgan fingerprint density at radius 3 is 2.72 bits per heavy atom. The highest BCUT2D eigenvalue weighted by Crippen LogP contribution is 2.61. The van der Waals surface area contributed by atoms with Gasteiger partial charge in [0.2, 0.25) is 0 Å². The van der Waals surface area contributed by atoms with E-state index in [0.29, 0.717) is 23.2 Å². The third-order valence-electron chi connectivity index (χ3n) is 7.13. The lowest BCUT2D eigenvalue weighted by Gasteiger charge is -2.37. The number of amides is 1. The molecule has 1 saturated carbocycles. The molecule has 1 aromatic rings. The number of ether oxygens (including phenoxy) is 1. The Bertz CT molecular complexity index is 973. The van der Waals surface area contributed by atoms with E-state index < -0.39 is 0 Å². The smallest absolute Gasteiger partial charge is 0.275 e. The number of likely N-dealkylation sites (N-methyl/N-ethyl adjacent to an activating group) is 1. The van der Waals surface area contributed by atoms with Gasteiger partial charge in [-0.15, -0.1) is 0 Å². The summed E-state index contributed by atoms with van der Waals surface area (Å²) in [6.07, 6.45) is 8.75. The molecule has 1 fully saturated rings. The number of hydrazone groups is 1. The van der Waals surface area contributed by atoms with Gasteiger partial charge in [0.15, 0.2) is 0 Å². The van der Waals surface area contributed by atoms with Gasteiger partial charge < -0.3 is 9.84 Å². The second-order valence-corrected chi connectivity index (χ2v) is 9.65. The Hall–Kier alpha value is -2.30. The van der Waals surface area contributed by atoms with Crippen LogP contribution in [0.1, 0.15) is 93.4 Å². The lowest BCUT2D eigenvalue weighted by molar-refractivity contribution is -0.124. The van der Waals surface area contributed by atoms with Gasteiger partial charge in [0.1, 0.15) is 17.1 Å². The summed E-state index contributed by atoms with van der Waals surface area (Å²) in [5.74, 6) is 2.18. The summed E-state index contributed by atoms with van der Waals surface area (Å²) in [4.78, 5) is 12.8. The van der Waals surface area contributed by atoms with Gasteiger partial charge in [0, 0.05) is 29.3 Å². The quantitative estimate of drug-likeness (QED) is 0.744. The van der Waals surface area contributed by atoms with Gasteiger partial charge in [-0.25, -0.2) is 5.01 Å².